The lowest BCUT2D eigenvalue weighted by atomic mass is 10.0. The van der Waals surface area contributed by atoms with Gasteiger partial charge >= 0.3 is 0 Å². The molecule has 1 aromatic carbocycles. The summed E-state index contributed by atoms with van der Waals surface area (Å²) in [5.74, 6) is -0.488. The van der Waals surface area contributed by atoms with Gasteiger partial charge in [0.25, 0.3) is 17.4 Å². The minimum atomic E-state index is -1.62. The molecule has 1 aliphatic rings. The normalized spacial score (nSPS) is 19.0. The van der Waals surface area contributed by atoms with Gasteiger partial charge in [-0.2, -0.15) is 5.10 Å². The molecular formula is C18H22N4O3. The van der Waals surface area contributed by atoms with Crippen LogP contribution in [0.25, 0.3) is 0 Å². The maximum Gasteiger partial charge on any atom is 0.278 e. The number of hydrogen-bond acceptors (Lipinski definition) is 4. The van der Waals surface area contributed by atoms with Crippen LogP contribution in [-0.4, -0.2) is 27.2 Å². The van der Waals surface area contributed by atoms with E-state index in [1.165, 1.54) is 6.92 Å². The molecule has 25 heavy (non-hydrogen) atoms. The summed E-state index contributed by atoms with van der Waals surface area (Å²) in [7, 11) is 1.85. The molecule has 0 bridgehead atoms. The van der Waals surface area contributed by atoms with Crippen LogP contribution in [0.2, 0.25) is 0 Å². The lowest BCUT2D eigenvalue weighted by Crippen LogP contribution is -2.58. The summed E-state index contributed by atoms with van der Waals surface area (Å²) in [4.78, 5) is 25.2. The molecule has 1 aromatic heterocycles. The Hall–Kier alpha value is -2.83. The standard InChI is InChI=1S/C18H22N4O3/c1-10-6-7-15-14(8-10)20-17(24)18(4,25-15)16(23)19-9-13-11(2)21-22(5)12(13)3/h6-8H,9H2,1-5H3,(H,19,23)(H,20,24). The number of anilines is 1. The van der Waals surface area contributed by atoms with Gasteiger partial charge in [-0.3, -0.25) is 14.3 Å². The van der Waals surface area contributed by atoms with E-state index in [0.29, 0.717) is 11.4 Å². The average Bonchev–Trinajstić information content (AvgIpc) is 2.79. The Morgan fingerprint density at radius 3 is 2.72 bits per heavy atom. The quantitative estimate of drug-likeness (QED) is 0.832. The molecule has 0 saturated heterocycles. The Morgan fingerprint density at radius 1 is 1.36 bits per heavy atom. The zero-order valence-electron chi connectivity index (χ0n) is 15.1. The molecular weight excluding hydrogens is 320 g/mol. The second-order valence-electron chi connectivity index (χ2n) is 6.54. The number of fused-ring (bicyclic) bond motifs is 1. The smallest absolute Gasteiger partial charge is 0.278 e. The van der Waals surface area contributed by atoms with Crippen LogP contribution in [0.3, 0.4) is 0 Å². The third-order valence-electron chi connectivity index (χ3n) is 4.65. The van der Waals surface area contributed by atoms with Crippen LogP contribution in [0.5, 0.6) is 5.75 Å². The number of nitrogens with one attached hydrogen (secondary N) is 2. The van der Waals surface area contributed by atoms with E-state index in [2.05, 4.69) is 15.7 Å². The highest BCUT2D eigenvalue weighted by atomic mass is 16.5. The lowest BCUT2D eigenvalue weighted by molar-refractivity contribution is -0.146. The SMILES string of the molecule is Cc1ccc2c(c1)NC(=O)C(C)(C(=O)NCc1c(C)nn(C)c1C)O2. The van der Waals surface area contributed by atoms with E-state index in [9.17, 15) is 9.59 Å². The fraction of sp³-hybridized carbons (Fsp3) is 0.389. The number of hydrogen-bond donors (Lipinski definition) is 2. The molecule has 2 aromatic rings. The van der Waals surface area contributed by atoms with Gasteiger partial charge in [0.15, 0.2) is 0 Å². The number of aryl methyl sites for hydroxylation is 3. The van der Waals surface area contributed by atoms with Gasteiger partial charge in [-0.25, -0.2) is 0 Å². The predicted octanol–water partition coefficient (Wildman–Crippen LogP) is 1.75. The summed E-state index contributed by atoms with van der Waals surface area (Å²) >= 11 is 0. The molecule has 0 radical (unpaired) electrons. The Labute approximate surface area is 146 Å². The van der Waals surface area contributed by atoms with Crippen molar-refractivity contribution >= 4 is 17.5 Å². The molecule has 2 N–H and O–H groups in total. The van der Waals surface area contributed by atoms with Crippen LogP contribution < -0.4 is 15.4 Å². The second-order valence-corrected chi connectivity index (χ2v) is 6.54. The highest BCUT2D eigenvalue weighted by molar-refractivity contribution is 6.15. The van der Waals surface area contributed by atoms with Gasteiger partial charge in [0.1, 0.15) is 5.75 Å². The summed E-state index contributed by atoms with van der Waals surface area (Å²) in [6.07, 6.45) is 0. The third kappa shape index (κ3) is 2.86. The van der Waals surface area contributed by atoms with E-state index in [1.54, 1.807) is 10.7 Å². The van der Waals surface area contributed by atoms with Crippen LogP contribution in [0.1, 0.15) is 29.4 Å². The lowest BCUT2D eigenvalue weighted by Gasteiger charge is -2.33. The zero-order chi connectivity index (χ0) is 18.4. The van der Waals surface area contributed by atoms with Crippen molar-refractivity contribution in [2.75, 3.05) is 5.32 Å². The van der Waals surface area contributed by atoms with Gasteiger partial charge in [0.2, 0.25) is 0 Å². The van der Waals surface area contributed by atoms with Crippen LogP contribution in [0.4, 0.5) is 5.69 Å². The fourth-order valence-electron chi connectivity index (χ4n) is 2.90. The maximum atomic E-state index is 12.7. The van der Waals surface area contributed by atoms with Gasteiger partial charge in [-0.1, -0.05) is 6.07 Å². The van der Waals surface area contributed by atoms with Gasteiger partial charge < -0.3 is 15.4 Å². The first kappa shape index (κ1) is 17.0. The second kappa shape index (κ2) is 5.91. The first-order chi connectivity index (χ1) is 11.7. The van der Waals surface area contributed by atoms with E-state index >= 15 is 0 Å². The van der Waals surface area contributed by atoms with E-state index in [-0.39, 0.29) is 6.54 Å². The number of carbonyl (C=O) groups is 2. The van der Waals surface area contributed by atoms with E-state index in [4.69, 9.17) is 4.74 Å². The van der Waals surface area contributed by atoms with Gasteiger partial charge in [0.05, 0.1) is 11.4 Å². The van der Waals surface area contributed by atoms with Crippen molar-refractivity contribution in [3.05, 3.63) is 40.7 Å². The third-order valence-corrected chi connectivity index (χ3v) is 4.65. The maximum absolute atomic E-state index is 12.7. The Bertz CT molecular complexity index is 871. The number of amides is 2. The van der Waals surface area contributed by atoms with Crippen LogP contribution in [-0.2, 0) is 23.2 Å². The van der Waals surface area contributed by atoms with E-state index in [1.807, 2.05) is 40.0 Å². The minimum absolute atomic E-state index is 0.289. The van der Waals surface area contributed by atoms with Crippen molar-refractivity contribution in [3.63, 3.8) is 0 Å². The minimum Gasteiger partial charge on any atom is -0.466 e. The highest BCUT2D eigenvalue weighted by Gasteiger charge is 2.47. The Balaban J connectivity index is 1.79. The van der Waals surface area contributed by atoms with Gasteiger partial charge in [-0.15, -0.1) is 0 Å². The van der Waals surface area contributed by atoms with Crippen molar-refractivity contribution < 1.29 is 14.3 Å². The topological polar surface area (TPSA) is 85.3 Å². The summed E-state index contributed by atoms with van der Waals surface area (Å²) in [6, 6.07) is 5.44. The monoisotopic (exact) mass is 342 g/mol. The molecule has 0 spiro atoms. The summed E-state index contributed by atoms with van der Waals surface area (Å²) < 4.78 is 7.52. The highest BCUT2D eigenvalue weighted by Crippen LogP contribution is 2.34. The molecule has 2 amide bonds. The van der Waals surface area contributed by atoms with Crippen LogP contribution >= 0.6 is 0 Å². The number of rotatable bonds is 3. The van der Waals surface area contributed by atoms with Crippen molar-refractivity contribution in [2.45, 2.75) is 39.8 Å². The van der Waals surface area contributed by atoms with Crippen molar-refractivity contribution in [3.8, 4) is 5.75 Å². The number of aromatic nitrogens is 2. The number of benzene rings is 1. The Kier molecular flexibility index (Phi) is 4.02. The van der Waals surface area contributed by atoms with Gasteiger partial charge in [-0.05, 0) is 45.4 Å². The molecule has 0 aliphatic carbocycles. The molecule has 1 aliphatic heterocycles. The average molecular weight is 342 g/mol. The van der Waals surface area contributed by atoms with Crippen molar-refractivity contribution in [1.29, 1.82) is 0 Å². The van der Waals surface area contributed by atoms with E-state index in [0.717, 1.165) is 22.5 Å². The van der Waals surface area contributed by atoms with Gasteiger partial charge in [0, 0.05) is 24.8 Å². The molecule has 7 nitrogen and oxygen atoms in total. The van der Waals surface area contributed by atoms with Crippen LogP contribution in [0, 0.1) is 20.8 Å². The van der Waals surface area contributed by atoms with E-state index < -0.39 is 17.4 Å². The Morgan fingerprint density at radius 2 is 2.08 bits per heavy atom. The number of ether oxygens (including phenoxy) is 1. The number of nitrogens with zero attached hydrogens (tertiary/aromatic N) is 2. The predicted molar refractivity (Wildman–Crippen MR) is 93.4 cm³/mol. The van der Waals surface area contributed by atoms with Crippen molar-refractivity contribution in [2.24, 2.45) is 7.05 Å². The summed E-state index contributed by atoms with van der Waals surface area (Å²) in [5.41, 5.74) is 2.71. The molecule has 132 valence electrons. The first-order valence-electron chi connectivity index (χ1n) is 8.11. The summed E-state index contributed by atoms with van der Waals surface area (Å²) in [6.45, 7) is 7.51. The van der Waals surface area contributed by atoms with Crippen LogP contribution in [0.15, 0.2) is 18.2 Å². The molecule has 7 heteroatoms. The molecule has 3 rings (SSSR count). The molecule has 1 atom stereocenters. The molecule has 0 saturated carbocycles. The molecule has 2 heterocycles. The fourth-order valence-corrected chi connectivity index (χ4v) is 2.90. The first-order valence-corrected chi connectivity index (χ1v) is 8.11. The van der Waals surface area contributed by atoms with Crippen molar-refractivity contribution in [1.82, 2.24) is 15.1 Å². The molecule has 0 fully saturated rings. The number of carbonyl (C=O) groups excluding carboxylic acids is 2. The zero-order valence-corrected chi connectivity index (χ0v) is 15.1. The molecule has 1 unspecified atom stereocenters. The largest absolute Gasteiger partial charge is 0.466 e. The summed E-state index contributed by atoms with van der Waals surface area (Å²) in [5, 5.41) is 9.88.